The van der Waals surface area contributed by atoms with Crippen LogP contribution in [0.5, 0.6) is 11.5 Å². The molecule has 2 N–H and O–H groups in total. The second-order valence-electron chi connectivity index (χ2n) is 10.7. The van der Waals surface area contributed by atoms with Crippen LogP contribution in [0.15, 0.2) is 109 Å². The Morgan fingerprint density at radius 3 is 1.44 bits per heavy atom. The lowest BCUT2D eigenvalue weighted by molar-refractivity contribution is 0.124. The molecular weight excluding hydrogens is 532 g/mol. The molecule has 0 fully saturated rings. The van der Waals surface area contributed by atoms with E-state index in [1.165, 1.54) is 0 Å². The van der Waals surface area contributed by atoms with Gasteiger partial charge < -0.3 is 19.7 Å². The summed E-state index contributed by atoms with van der Waals surface area (Å²) in [5.41, 5.74) is 7.65. The second-order valence-corrected chi connectivity index (χ2v) is 10.7. The van der Waals surface area contributed by atoms with E-state index in [0.29, 0.717) is 0 Å². The van der Waals surface area contributed by atoms with Gasteiger partial charge in [-0.2, -0.15) is 0 Å². The Morgan fingerprint density at radius 1 is 0.512 bits per heavy atom. The van der Waals surface area contributed by atoms with E-state index < -0.39 is 0 Å². The van der Waals surface area contributed by atoms with Crippen LogP contribution in [-0.4, -0.2) is 17.0 Å². The molecule has 0 unspecified atom stereocenters. The van der Waals surface area contributed by atoms with Crippen LogP contribution in [0.3, 0.4) is 0 Å². The van der Waals surface area contributed by atoms with Crippen LogP contribution in [0.4, 0.5) is 0 Å². The summed E-state index contributed by atoms with van der Waals surface area (Å²) >= 11 is 0. The van der Waals surface area contributed by atoms with E-state index in [2.05, 4.69) is 85.0 Å². The van der Waals surface area contributed by atoms with Crippen molar-refractivity contribution in [3.63, 3.8) is 0 Å². The highest BCUT2D eigenvalue weighted by Crippen LogP contribution is 2.50. The van der Waals surface area contributed by atoms with Crippen molar-refractivity contribution in [1.29, 1.82) is 0 Å². The van der Waals surface area contributed by atoms with E-state index in [4.69, 9.17) is 9.47 Å². The van der Waals surface area contributed by atoms with Crippen LogP contribution >= 0.6 is 0 Å². The third kappa shape index (κ3) is 5.19. The first-order valence-corrected chi connectivity index (χ1v) is 14.3. The second kappa shape index (κ2) is 11.6. The topological polar surface area (TPSA) is 58.9 Å². The summed E-state index contributed by atoms with van der Waals surface area (Å²) in [6.07, 6.45) is 8.26. The zero-order chi connectivity index (χ0) is 29.2. The van der Waals surface area contributed by atoms with Crippen LogP contribution in [-0.2, 0) is 13.2 Å². The molecule has 0 saturated heterocycles. The Balaban J connectivity index is 1.46. The summed E-state index contributed by atoms with van der Waals surface area (Å²) in [5.74, 6) is 1.54. The maximum absolute atomic E-state index is 9.61. The minimum absolute atomic E-state index is 0.00100. The van der Waals surface area contributed by atoms with Crippen LogP contribution in [0.2, 0.25) is 0 Å². The van der Waals surface area contributed by atoms with Crippen molar-refractivity contribution in [3.05, 3.63) is 143 Å². The summed E-state index contributed by atoms with van der Waals surface area (Å²) in [6.45, 7) is 0.0698. The Bertz CT molecular complexity index is 1890. The van der Waals surface area contributed by atoms with Crippen LogP contribution < -0.4 is 9.47 Å². The lowest BCUT2D eigenvalue weighted by atomic mass is 9.88. The van der Waals surface area contributed by atoms with Crippen LogP contribution in [0, 0.1) is 0 Å². The van der Waals surface area contributed by atoms with Gasteiger partial charge in [0.15, 0.2) is 0 Å². The molecule has 43 heavy (non-hydrogen) atoms. The quantitative estimate of drug-likeness (QED) is 0.199. The number of aliphatic hydroxyl groups excluding tert-OH is 2. The summed E-state index contributed by atoms with van der Waals surface area (Å²) in [7, 11) is 0. The number of hydrogen-bond acceptors (Lipinski definition) is 4. The maximum Gasteiger partial charge on any atom is 0.231 e. The standard InChI is InChI=1S/C39H30O4/c40-23-28-9-5-7-26(19-28)15-17-32-21-30-11-1-3-13-34(30)36-37-35-14-4-2-12-31(35)22-33(39(37)43-25-42-38(32)36)18-16-27-8-6-10-29(20-27)24-41/h1-22,40-41H,23-25H2/b17-15-,18-16-. The smallest absolute Gasteiger partial charge is 0.231 e. The number of fused-ring (bicyclic) bond motifs is 7. The molecule has 4 heteroatoms. The summed E-state index contributed by atoms with van der Waals surface area (Å²) in [5, 5.41) is 23.6. The SMILES string of the molecule is OCc1cccc(/C=C\c2cc3ccccc3c3c2OCOc2c(/C=C\c4cccc(CO)c4)cc4ccccc4c2-3)c1. The molecule has 6 aromatic rings. The van der Waals surface area contributed by atoms with Crippen molar-refractivity contribution in [3.8, 4) is 22.6 Å². The first kappa shape index (κ1) is 26.7. The molecule has 7 rings (SSSR count). The number of benzene rings is 6. The molecule has 0 atom stereocenters. The Morgan fingerprint density at radius 2 is 0.977 bits per heavy atom. The first-order valence-electron chi connectivity index (χ1n) is 14.3. The zero-order valence-corrected chi connectivity index (χ0v) is 23.5. The van der Waals surface area contributed by atoms with Gasteiger partial charge in [0.1, 0.15) is 11.5 Å². The number of rotatable bonds is 6. The fourth-order valence-corrected chi connectivity index (χ4v) is 5.87. The van der Waals surface area contributed by atoms with E-state index in [0.717, 1.165) is 77.6 Å². The molecule has 6 aromatic carbocycles. The normalized spacial score (nSPS) is 12.7. The van der Waals surface area contributed by atoms with Gasteiger partial charge in [0, 0.05) is 22.3 Å². The predicted octanol–water partition coefficient (Wildman–Crippen LogP) is 8.71. The van der Waals surface area contributed by atoms with Gasteiger partial charge in [0.25, 0.3) is 0 Å². The predicted molar refractivity (Wildman–Crippen MR) is 176 cm³/mol. The summed E-state index contributed by atoms with van der Waals surface area (Å²) in [4.78, 5) is 0. The summed E-state index contributed by atoms with van der Waals surface area (Å²) in [6, 6.07) is 36.8. The van der Waals surface area contributed by atoms with Gasteiger partial charge in [-0.1, -0.05) is 109 Å². The third-order valence-electron chi connectivity index (χ3n) is 7.90. The molecule has 1 aliphatic heterocycles. The molecule has 0 bridgehead atoms. The lowest BCUT2D eigenvalue weighted by Gasteiger charge is -2.17. The molecule has 0 saturated carbocycles. The molecule has 0 radical (unpaired) electrons. The van der Waals surface area contributed by atoms with Crippen molar-refractivity contribution in [2.45, 2.75) is 13.2 Å². The van der Waals surface area contributed by atoms with E-state index in [1.807, 2.05) is 48.5 Å². The minimum Gasteiger partial charge on any atom is -0.456 e. The zero-order valence-electron chi connectivity index (χ0n) is 23.5. The highest BCUT2D eigenvalue weighted by atomic mass is 16.7. The average Bonchev–Trinajstić information content (AvgIpc) is 3.27. The highest BCUT2D eigenvalue weighted by Gasteiger charge is 2.26. The fraction of sp³-hybridized carbons (Fsp3) is 0.0769. The molecule has 1 heterocycles. The van der Waals surface area contributed by atoms with Gasteiger partial charge >= 0.3 is 0 Å². The number of ether oxygens (including phenoxy) is 2. The fourth-order valence-electron chi connectivity index (χ4n) is 5.87. The van der Waals surface area contributed by atoms with Gasteiger partial charge in [0.2, 0.25) is 6.79 Å². The summed E-state index contributed by atoms with van der Waals surface area (Å²) < 4.78 is 12.9. The largest absolute Gasteiger partial charge is 0.456 e. The molecule has 0 aromatic heterocycles. The molecule has 4 nitrogen and oxygen atoms in total. The third-order valence-corrected chi connectivity index (χ3v) is 7.90. The molecule has 0 amide bonds. The van der Waals surface area contributed by atoms with Gasteiger partial charge in [-0.05, 0) is 68.1 Å². The molecular formula is C39H30O4. The Kier molecular flexibility index (Phi) is 7.22. The lowest BCUT2D eigenvalue weighted by Crippen LogP contribution is -2.05. The van der Waals surface area contributed by atoms with E-state index in [1.54, 1.807) is 0 Å². The average molecular weight is 563 g/mol. The highest BCUT2D eigenvalue weighted by molar-refractivity contribution is 6.12. The van der Waals surface area contributed by atoms with Gasteiger partial charge in [-0.25, -0.2) is 0 Å². The first-order chi connectivity index (χ1) is 21.2. The van der Waals surface area contributed by atoms with Crippen molar-refractivity contribution < 1.29 is 19.7 Å². The van der Waals surface area contributed by atoms with Crippen molar-refractivity contribution >= 4 is 45.8 Å². The van der Waals surface area contributed by atoms with E-state index in [9.17, 15) is 10.2 Å². The maximum atomic E-state index is 9.61. The van der Waals surface area contributed by atoms with Crippen LogP contribution in [0.1, 0.15) is 33.4 Å². The van der Waals surface area contributed by atoms with Gasteiger partial charge in [0.05, 0.1) is 13.2 Å². The number of aliphatic hydroxyl groups is 2. The van der Waals surface area contributed by atoms with E-state index in [-0.39, 0.29) is 20.0 Å². The molecule has 0 aliphatic carbocycles. The van der Waals surface area contributed by atoms with Crippen molar-refractivity contribution in [2.75, 3.05) is 6.79 Å². The van der Waals surface area contributed by atoms with Crippen molar-refractivity contribution in [2.24, 2.45) is 0 Å². The van der Waals surface area contributed by atoms with E-state index >= 15 is 0 Å². The van der Waals surface area contributed by atoms with Crippen molar-refractivity contribution in [1.82, 2.24) is 0 Å². The monoisotopic (exact) mass is 562 g/mol. The van der Waals surface area contributed by atoms with Gasteiger partial charge in [-0.3, -0.25) is 0 Å². The van der Waals surface area contributed by atoms with Crippen LogP contribution in [0.25, 0.3) is 57.0 Å². The Labute approximate surface area is 250 Å². The molecule has 210 valence electrons. The Hall–Kier alpha value is -5.16. The number of hydrogen-bond donors (Lipinski definition) is 2. The minimum atomic E-state index is 0.00100. The van der Waals surface area contributed by atoms with Gasteiger partial charge in [-0.15, -0.1) is 0 Å². The molecule has 1 aliphatic rings. The molecule has 0 spiro atoms.